The third-order valence-corrected chi connectivity index (χ3v) is 5.57. The number of rotatable bonds is 2. The molecule has 0 aliphatic carbocycles. The Labute approximate surface area is 174 Å². The summed E-state index contributed by atoms with van der Waals surface area (Å²) in [4.78, 5) is 0. The summed E-state index contributed by atoms with van der Waals surface area (Å²) in [5.41, 5.74) is 4.75. The summed E-state index contributed by atoms with van der Waals surface area (Å²) in [7, 11) is 0. The first kappa shape index (κ1) is 17.7. The first-order chi connectivity index (χ1) is 14.8. The molecule has 0 aromatic heterocycles. The van der Waals surface area contributed by atoms with Gasteiger partial charge in [0.25, 0.3) is 0 Å². The van der Waals surface area contributed by atoms with Gasteiger partial charge in [-0.1, -0.05) is 91.0 Å². The monoisotopic (exact) mass is 380 g/mol. The van der Waals surface area contributed by atoms with E-state index >= 15 is 0 Å². The Morgan fingerprint density at radius 1 is 0.467 bits per heavy atom. The lowest BCUT2D eigenvalue weighted by Crippen LogP contribution is -1.94. The first-order valence-electron chi connectivity index (χ1n) is 9.75. The third kappa shape index (κ3) is 2.72. The molecule has 0 saturated carbocycles. The van der Waals surface area contributed by atoms with Crippen LogP contribution in [0.5, 0.6) is 0 Å². The van der Waals surface area contributed by atoms with E-state index in [2.05, 4.69) is 66.7 Å². The molecule has 0 aliphatic heterocycles. The third-order valence-electron chi connectivity index (χ3n) is 5.57. The van der Waals surface area contributed by atoms with Gasteiger partial charge in [-0.15, -0.1) is 0 Å². The van der Waals surface area contributed by atoms with Crippen LogP contribution in [-0.2, 0) is 0 Å². The minimum Gasteiger partial charge on any atom is -0.192 e. The molecule has 30 heavy (non-hydrogen) atoms. The van der Waals surface area contributed by atoms with Crippen molar-refractivity contribution in [1.29, 1.82) is 10.5 Å². The van der Waals surface area contributed by atoms with Gasteiger partial charge in [0.1, 0.15) is 12.1 Å². The molecule has 0 N–H and O–H groups in total. The van der Waals surface area contributed by atoms with Gasteiger partial charge in [-0.2, -0.15) is 10.5 Å². The molecule has 0 atom stereocenters. The maximum absolute atomic E-state index is 9.84. The van der Waals surface area contributed by atoms with Crippen molar-refractivity contribution in [3.05, 3.63) is 108 Å². The summed E-state index contributed by atoms with van der Waals surface area (Å²) < 4.78 is 0. The molecule has 0 radical (unpaired) electrons. The first-order valence-corrected chi connectivity index (χ1v) is 9.75. The number of hydrogen-bond acceptors (Lipinski definition) is 2. The van der Waals surface area contributed by atoms with E-state index in [0.29, 0.717) is 11.1 Å². The highest BCUT2D eigenvalue weighted by molar-refractivity contribution is 6.11. The van der Waals surface area contributed by atoms with Gasteiger partial charge in [-0.3, -0.25) is 0 Å². The van der Waals surface area contributed by atoms with Gasteiger partial charge < -0.3 is 0 Å². The lowest BCUT2D eigenvalue weighted by Gasteiger charge is -2.17. The largest absolute Gasteiger partial charge is 0.192 e. The number of fused-ring (bicyclic) bond motifs is 2. The average Bonchev–Trinajstić information content (AvgIpc) is 2.82. The second kappa shape index (κ2) is 7.21. The second-order valence-electron chi connectivity index (χ2n) is 7.19. The number of nitrogens with zero attached hydrogens (tertiary/aromatic N) is 2. The molecule has 0 spiro atoms. The van der Waals surface area contributed by atoms with Crippen molar-refractivity contribution >= 4 is 21.5 Å². The predicted octanol–water partition coefficient (Wildman–Crippen LogP) is 7.07. The second-order valence-corrected chi connectivity index (χ2v) is 7.19. The fourth-order valence-corrected chi connectivity index (χ4v) is 4.22. The highest BCUT2D eigenvalue weighted by Crippen LogP contribution is 2.42. The van der Waals surface area contributed by atoms with Crippen LogP contribution < -0.4 is 0 Å². The zero-order valence-electron chi connectivity index (χ0n) is 16.1. The molecule has 0 unspecified atom stereocenters. The van der Waals surface area contributed by atoms with Gasteiger partial charge in [0.15, 0.2) is 0 Å². The van der Waals surface area contributed by atoms with Crippen molar-refractivity contribution in [2.75, 3.05) is 0 Å². The number of hydrogen-bond donors (Lipinski definition) is 0. The molecule has 2 heteroatoms. The summed E-state index contributed by atoms with van der Waals surface area (Å²) in [6, 6.07) is 37.0. The van der Waals surface area contributed by atoms with Gasteiger partial charge in [0, 0.05) is 5.56 Å². The van der Waals surface area contributed by atoms with E-state index in [1.54, 1.807) is 6.07 Å². The molecule has 0 aliphatic rings. The van der Waals surface area contributed by atoms with E-state index < -0.39 is 0 Å². The van der Waals surface area contributed by atoms with Crippen molar-refractivity contribution in [1.82, 2.24) is 0 Å². The minimum absolute atomic E-state index is 0.395. The van der Waals surface area contributed by atoms with E-state index in [-0.39, 0.29) is 0 Å². The van der Waals surface area contributed by atoms with E-state index in [1.807, 2.05) is 36.4 Å². The van der Waals surface area contributed by atoms with Crippen LogP contribution in [0.1, 0.15) is 11.1 Å². The SMILES string of the molecule is N#Cc1cccc(-c2ccc3ccccc3c2-c2cccc3ccccc23)c1C#N. The molecule has 0 bridgehead atoms. The maximum Gasteiger partial charge on any atom is 0.101 e. The van der Waals surface area contributed by atoms with Crippen LogP contribution in [0.4, 0.5) is 0 Å². The van der Waals surface area contributed by atoms with Gasteiger partial charge >= 0.3 is 0 Å². The van der Waals surface area contributed by atoms with Crippen molar-refractivity contribution in [2.24, 2.45) is 0 Å². The van der Waals surface area contributed by atoms with Crippen molar-refractivity contribution in [3.63, 3.8) is 0 Å². The van der Waals surface area contributed by atoms with E-state index in [1.165, 1.54) is 5.39 Å². The van der Waals surface area contributed by atoms with Gasteiger partial charge in [-0.25, -0.2) is 0 Å². The predicted molar refractivity (Wildman–Crippen MR) is 122 cm³/mol. The van der Waals surface area contributed by atoms with Crippen LogP contribution in [0.15, 0.2) is 97.1 Å². The Morgan fingerprint density at radius 2 is 1.10 bits per heavy atom. The Balaban J connectivity index is 1.96. The molecule has 2 nitrogen and oxygen atoms in total. The maximum atomic E-state index is 9.84. The van der Waals surface area contributed by atoms with Gasteiger partial charge in [0.2, 0.25) is 0 Å². The summed E-state index contributed by atoms with van der Waals surface area (Å²) in [5, 5.41) is 23.9. The Kier molecular flexibility index (Phi) is 4.25. The molecule has 5 aromatic rings. The zero-order chi connectivity index (χ0) is 20.5. The van der Waals surface area contributed by atoms with E-state index in [4.69, 9.17) is 0 Å². The Morgan fingerprint density at radius 3 is 1.87 bits per heavy atom. The van der Waals surface area contributed by atoms with Crippen molar-refractivity contribution in [3.8, 4) is 34.4 Å². The molecule has 5 aromatic carbocycles. The molecule has 0 amide bonds. The van der Waals surface area contributed by atoms with Gasteiger partial charge in [0.05, 0.1) is 11.1 Å². The van der Waals surface area contributed by atoms with Crippen LogP contribution in [-0.4, -0.2) is 0 Å². The molecular formula is C28H16N2. The van der Waals surface area contributed by atoms with Crippen LogP contribution in [0.3, 0.4) is 0 Å². The quantitative estimate of drug-likeness (QED) is 0.329. The van der Waals surface area contributed by atoms with Crippen LogP contribution >= 0.6 is 0 Å². The number of benzene rings is 5. The highest BCUT2D eigenvalue weighted by Gasteiger charge is 2.17. The Bertz CT molecular complexity index is 1510. The molecule has 0 saturated heterocycles. The van der Waals surface area contributed by atoms with Crippen LogP contribution in [0, 0.1) is 22.7 Å². The topological polar surface area (TPSA) is 47.6 Å². The zero-order valence-corrected chi connectivity index (χ0v) is 16.1. The van der Waals surface area contributed by atoms with Crippen molar-refractivity contribution in [2.45, 2.75) is 0 Å². The molecule has 0 fully saturated rings. The van der Waals surface area contributed by atoms with Crippen LogP contribution in [0.2, 0.25) is 0 Å². The Hall–Kier alpha value is -4.40. The smallest absolute Gasteiger partial charge is 0.101 e. The lowest BCUT2D eigenvalue weighted by molar-refractivity contribution is 1.43. The average molecular weight is 380 g/mol. The molecule has 0 heterocycles. The summed E-state index contributed by atoms with van der Waals surface area (Å²) >= 11 is 0. The standard InChI is InChI=1S/C28H16N2/c29-17-21-10-6-13-24(27(21)18-30)26-16-15-20-8-2-4-12-23(20)28(26)25-14-5-9-19-7-1-3-11-22(19)25/h1-16H. The number of nitriles is 2. The lowest BCUT2D eigenvalue weighted by atomic mass is 9.85. The fourth-order valence-electron chi connectivity index (χ4n) is 4.22. The van der Waals surface area contributed by atoms with E-state index in [9.17, 15) is 10.5 Å². The van der Waals surface area contributed by atoms with Gasteiger partial charge in [-0.05, 0) is 44.3 Å². The van der Waals surface area contributed by atoms with Crippen molar-refractivity contribution < 1.29 is 0 Å². The molecule has 138 valence electrons. The fraction of sp³-hybridized carbons (Fsp3) is 0. The minimum atomic E-state index is 0.395. The molecular weight excluding hydrogens is 364 g/mol. The van der Waals surface area contributed by atoms with E-state index in [0.717, 1.165) is 38.4 Å². The van der Waals surface area contributed by atoms with Crippen LogP contribution in [0.25, 0.3) is 43.8 Å². The highest BCUT2D eigenvalue weighted by atomic mass is 14.3. The summed E-state index contributed by atoms with van der Waals surface area (Å²) in [6.45, 7) is 0. The normalized spacial score (nSPS) is 10.6. The summed E-state index contributed by atoms with van der Waals surface area (Å²) in [5.74, 6) is 0. The molecule has 5 rings (SSSR count). The summed E-state index contributed by atoms with van der Waals surface area (Å²) in [6.07, 6.45) is 0.